The third-order valence-corrected chi connectivity index (χ3v) is 1.75. The van der Waals surface area contributed by atoms with Gasteiger partial charge in [0.15, 0.2) is 0 Å². The molecule has 0 amide bonds. The largest absolute Gasteiger partial charge is 0.380 e. The van der Waals surface area contributed by atoms with Crippen molar-refractivity contribution in [2.45, 2.75) is 26.7 Å². The fraction of sp³-hybridized carbons (Fsp3) is 0.800. The zero-order chi connectivity index (χ0) is 10.1. The zero-order valence-corrected chi connectivity index (χ0v) is 8.16. The van der Waals surface area contributed by atoms with E-state index in [2.05, 4.69) is 5.92 Å². The van der Waals surface area contributed by atoms with Crippen molar-refractivity contribution in [3.05, 3.63) is 0 Å². The third kappa shape index (κ3) is 2.96. The van der Waals surface area contributed by atoms with Gasteiger partial charge in [0.1, 0.15) is 0 Å². The van der Waals surface area contributed by atoms with Gasteiger partial charge >= 0.3 is 5.92 Å². The van der Waals surface area contributed by atoms with E-state index in [4.69, 9.17) is 4.74 Å². The van der Waals surface area contributed by atoms with Gasteiger partial charge in [0.25, 0.3) is 0 Å². The molecule has 0 atom stereocenters. The molecule has 0 aromatic carbocycles. The predicted octanol–water partition coefficient (Wildman–Crippen LogP) is 2.32. The van der Waals surface area contributed by atoms with Crippen LogP contribution in [-0.2, 0) is 4.74 Å². The van der Waals surface area contributed by atoms with Crippen LogP contribution in [0.1, 0.15) is 20.8 Å². The van der Waals surface area contributed by atoms with Crippen LogP contribution in [0.5, 0.6) is 0 Å². The summed E-state index contributed by atoms with van der Waals surface area (Å²) in [5.74, 6) is 1.00. The summed E-state index contributed by atoms with van der Waals surface area (Å²) in [5, 5.41) is 0. The molecule has 1 aliphatic rings. The minimum atomic E-state index is -2.88. The first kappa shape index (κ1) is 10.5. The van der Waals surface area contributed by atoms with Crippen molar-refractivity contribution in [3.8, 4) is 11.8 Å². The molecule has 1 fully saturated rings. The van der Waals surface area contributed by atoms with E-state index in [1.807, 2.05) is 26.7 Å². The first-order chi connectivity index (χ1) is 5.81. The van der Waals surface area contributed by atoms with Gasteiger partial charge in [-0.1, -0.05) is 5.92 Å². The molecule has 13 heavy (non-hydrogen) atoms. The van der Waals surface area contributed by atoms with Crippen molar-refractivity contribution < 1.29 is 13.5 Å². The minimum Gasteiger partial charge on any atom is -0.380 e. The molecular weight excluding hydrogens is 174 g/mol. The van der Waals surface area contributed by atoms with Crippen LogP contribution in [0.4, 0.5) is 8.78 Å². The van der Waals surface area contributed by atoms with Crippen LogP contribution in [0.2, 0.25) is 0 Å². The molecule has 1 rings (SSSR count). The van der Waals surface area contributed by atoms with Crippen LogP contribution in [0.15, 0.2) is 0 Å². The second-order valence-electron chi connectivity index (χ2n) is 4.36. The summed E-state index contributed by atoms with van der Waals surface area (Å²) < 4.78 is 31.0. The lowest BCUT2D eigenvalue weighted by molar-refractivity contribution is -0.139. The van der Waals surface area contributed by atoms with Crippen molar-refractivity contribution in [2.24, 2.45) is 11.3 Å². The summed E-state index contributed by atoms with van der Waals surface area (Å²) in [5.41, 5.74) is -0.367. The molecule has 0 aromatic heterocycles. The number of halogens is 2. The molecule has 0 spiro atoms. The molecule has 0 aromatic rings. The molecule has 74 valence electrons. The standard InChI is InChI=1S/C10H14F2O/c1-9(2,3)4-5-10(11,12)8-6-13-7-8/h8H,6-7H2,1-3H3. The van der Waals surface area contributed by atoms with Gasteiger partial charge in [-0.3, -0.25) is 0 Å². The first-order valence-corrected chi connectivity index (χ1v) is 4.31. The Morgan fingerprint density at radius 2 is 1.69 bits per heavy atom. The highest BCUT2D eigenvalue weighted by molar-refractivity contribution is 5.16. The first-order valence-electron chi connectivity index (χ1n) is 4.31. The monoisotopic (exact) mass is 188 g/mol. The molecule has 1 heterocycles. The SMILES string of the molecule is CC(C)(C)C#CC(F)(F)C1COC1. The molecule has 1 aliphatic heterocycles. The second-order valence-corrected chi connectivity index (χ2v) is 4.36. The lowest BCUT2D eigenvalue weighted by atomic mass is 9.94. The third-order valence-electron chi connectivity index (χ3n) is 1.75. The van der Waals surface area contributed by atoms with Crippen LogP contribution < -0.4 is 0 Å². The quantitative estimate of drug-likeness (QED) is 0.574. The normalized spacial score (nSPS) is 18.8. The van der Waals surface area contributed by atoms with E-state index < -0.39 is 11.8 Å². The number of rotatable bonds is 1. The molecule has 0 aliphatic carbocycles. The van der Waals surface area contributed by atoms with Crippen molar-refractivity contribution in [1.82, 2.24) is 0 Å². The van der Waals surface area contributed by atoms with Crippen molar-refractivity contribution in [1.29, 1.82) is 0 Å². The van der Waals surface area contributed by atoms with E-state index in [-0.39, 0.29) is 18.6 Å². The van der Waals surface area contributed by atoms with E-state index >= 15 is 0 Å². The Hall–Kier alpha value is -0.620. The van der Waals surface area contributed by atoms with Crippen LogP contribution in [0.25, 0.3) is 0 Å². The summed E-state index contributed by atoms with van der Waals surface area (Å²) in [6, 6.07) is 0. The van der Waals surface area contributed by atoms with Gasteiger partial charge in [-0.2, -0.15) is 8.78 Å². The van der Waals surface area contributed by atoms with Crippen LogP contribution in [0, 0.1) is 23.2 Å². The molecule has 1 saturated heterocycles. The Morgan fingerprint density at radius 3 is 2.00 bits per heavy atom. The van der Waals surface area contributed by atoms with Gasteiger partial charge in [0.2, 0.25) is 0 Å². The van der Waals surface area contributed by atoms with Crippen molar-refractivity contribution >= 4 is 0 Å². The number of ether oxygens (including phenoxy) is 1. The smallest absolute Gasteiger partial charge is 0.315 e. The Bertz CT molecular complexity index is 238. The number of alkyl halides is 2. The molecule has 0 unspecified atom stereocenters. The maximum atomic E-state index is 13.1. The fourth-order valence-electron chi connectivity index (χ4n) is 0.818. The number of hydrogen-bond donors (Lipinski definition) is 0. The zero-order valence-electron chi connectivity index (χ0n) is 8.16. The fourth-order valence-corrected chi connectivity index (χ4v) is 0.818. The molecule has 0 N–H and O–H groups in total. The Labute approximate surface area is 77.5 Å². The Balaban J connectivity index is 2.63. The molecule has 0 saturated carbocycles. The lowest BCUT2D eigenvalue weighted by Crippen LogP contribution is -2.42. The average molecular weight is 188 g/mol. The highest BCUT2D eigenvalue weighted by atomic mass is 19.3. The Kier molecular flexibility index (Phi) is 2.63. The van der Waals surface area contributed by atoms with E-state index in [9.17, 15) is 8.78 Å². The molecule has 0 bridgehead atoms. The predicted molar refractivity (Wildman–Crippen MR) is 46.5 cm³/mol. The maximum Gasteiger partial charge on any atom is 0.315 e. The second kappa shape index (κ2) is 3.26. The van der Waals surface area contributed by atoms with Gasteiger partial charge in [-0.05, 0) is 26.7 Å². The van der Waals surface area contributed by atoms with Gasteiger partial charge in [-0.25, -0.2) is 0 Å². The van der Waals surface area contributed by atoms with Gasteiger partial charge < -0.3 is 4.74 Å². The van der Waals surface area contributed by atoms with Gasteiger partial charge in [0, 0.05) is 5.41 Å². The number of hydrogen-bond acceptors (Lipinski definition) is 1. The van der Waals surface area contributed by atoms with Gasteiger partial charge in [-0.15, -0.1) is 0 Å². The summed E-state index contributed by atoms with van der Waals surface area (Å²) >= 11 is 0. The highest BCUT2D eigenvalue weighted by Crippen LogP contribution is 2.30. The minimum absolute atomic E-state index is 0.131. The summed E-state index contributed by atoms with van der Waals surface area (Å²) in [7, 11) is 0. The van der Waals surface area contributed by atoms with E-state index in [0.29, 0.717) is 0 Å². The van der Waals surface area contributed by atoms with Crippen LogP contribution in [0.3, 0.4) is 0 Å². The maximum absolute atomic E-state index is 13.1. The topological polar surface area (TPSA) is 9.23 Å². The van der Waals surface area contributed by atoms with Gasteiger partial charge in [0.05, 0.1) is 19.1 Å². The molecule has 1 nitrogen and oxygen atoms in total. The van der Waals surface area contributed by atoms with E-state index in [0.717, 1.165) is 0 Å². The van der Waals surface area contributed by atoms with E-state index in [1.54, 1.807) is 0 Å². The van der Waals surface area contributed by atoms with Crippen LogP contribution in [-0.4, -0.2) is 19.1 Å². The summed E-state index contributed by atoms with van der Waals surface area (Å²) in [6.45, 7) is 5.70. The molecular formula is C10H14F2O. The van der Waals surface area contributed by atoms with E-state index in [1.165, 1.54) is 0 Å². The highest BCUT2D eigenvalue weighted by Gasteiger charge is 2.42. The molecule has 0 radical (unpaired) electrons. The van der Waals surface area contributed by atoms with Crippen molar-refractivity contribution in [3.63, 3.8) is 0 Å². The van der Waals surface area contributed by atoms with Crippen molar-refractivity contribution in [2.75, 3.05) is 13.2 Å². The summed E-state index contributed by atoms with van der Waals surface area (Å²) in [6.07, 6.45) is 0. The summed E-state index contributed by atoms with van der Waals surface area (Å²) in [4.78, 5) is 0. The lowest BCUT2D eigenvalue weighted by Gasteiger charge is -2.30. The molecule has 3 heteroatoms. The average Bonchev–Trinajstić information content (AvgIpc) is 1.77. The Morgan fingerprint density at radius 1 is 1.15 bits per heavy atom. The van der Waals surface area contributed by atoms with Crippen LogP contribution >= 0.6 is 0 Å².